The Morgan fingerprint density at radius 1 is 1.32 bits per heavy atom. The van der Waals surface area contributed by atoms with E-state index in [1.807, 2.05) is 0 Å². The van der Waals surface area contributed by atoms with E-state index in [0.29, 0.717) is 21.8 Å². The van der Waals surface area contributed by atoms with Gasteiger partial charge in [0.25, 0.3) is 0 Å². The molecule has 0 aromatic carbocycles. The lowest BCUT2D eigenvalue weighted by Crippen LogP contribution is -2.38. The van der Waals surface area contributed by atoms with E-state index in [9.17, 15) is 9.90 Å². The van der Waals surface area contributed by atoms with E-state index in [2.05, 4.69) is 9.97 Å². The Bertz CT molecular complexity index is 951. The van der Waals surface area contributed by atoms with E-state index >= 15 is 0 Å². The SMILES string of the molecule is O=c1c2n(c3cncc4nccc1c43)C(O)C=CC=2. The molecule has 0 saturated carbocycles. The van der Waals surface area contributed by atoms with Gasteiger partial charge in [-0.15, -0.1) is 0 Å². The van der Waals surface area contributed by atoms with Crippen LogP contribution in [0.25, 0.3) is 27.9 Å². The van der Waals surface area contributed by atoms with Crippen LogP contribution in [0.4, 0.5) is 0 Å². The zero-order valence-corrected chi connectivity index (χ0v) is 9.82. The molecule has 0 aliphatic carbocycles. The highest BCUT2D eigenvalue weighted by Crippen LogP contribution is 2.22. The number of pyridine rings is 3. The average Bonchev–Trinajstić information content (AvgIpc) is 2.44. The maximum atomic E-state index is 12.5. The van der Waals surface area contributed by atoms with Crippen molar-refractivity contribution in [3.05, 3.63) is 52.4 Å². The van der Waals surface area contributed by atoms with E-state index in [1.54, 1.807) is 47.5 Å². The Kier molecular flexibility index (Phi) is 1.91. The fourth-order valence-electron chi connectivity index (χ4n) is 2.61. The molecule has 0 bridgehead atoms. The quantitative estimate of drug-likeness (QED) is 0.632. The lowest BCUT2D eigenvalue weighted by atomic mass is 10.1. The van der Waals surface area contributed by atoms with Crippen molar-refractivity contribution in [3.63, 3.8) is 0 Å². The highest BCUT2D eigenvalue weighted by molar-refractivity contribution is 6.06. The zero-order chi connectivity index (χ0) is 13.0. The molecule has 0 saturated heterocycles. The second-order valence-electron chi connectivity index (χ2n) is 4.46. The molecular formula is C14H9N3O2. The predicted octanol–water partition coefficient (Wildman–Crippen LogP) is 0.505. The van der Waals surface area contributed by atoms with Gasteiger partial charge in [0.2, 0.25) is 5.43 Å². The number of aliphatic hydroxyl groups is 1. The molecule has 1 aliphatic heterocycles. The van der Waals surface area contributed by atoms with Crippen molar-refractivity contribution in [2.75, 3.05) is 0 Å². The highest BCUT2D eigenvalue weighted by atomic mass is 16.3. The number of aromatic nitrogens is 3. The van der Waals surface area contributed by atoms with Crippen LogP contribution in [0.3, 0.4) is 0 Å². The molecule has 92 valence electrons. The topological polar surface area (TPSA) is 68.0 Å². The zero-order valence-electron chi connectivity index (χ0n) is 9.82. The lowest BCUT2D eigenvalue weighted by molar-refractivity contribution is 0.154. The standard InChI is InChI=1S/C14H9N3O2/c18-12-3-1-2-10-14(19)8-4-5-16-9-6-15-7-11(13(8)9)17(10)12/h1-7,12,18H. The Hall–Kier alpha value is -2.53. The van der Waals surface area contributed by atoms with Crippen LogP contribution in [0.5, 0.6) is 0 Å². The van der Waals surface area contributed by atoms with Gasteiger partial charge in [-0.2, -0.15) is 0 Å². The summed E-state index contributed by atoms with van der Waals surface area (Å²) in [4.78, 5) is 20.8. The van der Waals surface area contributed by atoms with Crippen molar-refractivity contribution < 1.29 is 5.11 Å². The maximum Gasteiger partial charge on any atom is 0.210 e. The number of allylic oxidation sites excluding steroid dienone is 1. The Balaban J connectivity index is 2.44. The van der Waals surface area contributed by atoms with Gasteiger partial charge in [0.1, 0.15) is 0 Å². The molecule has 1 aliphatic rings. The predicted molar refractivity (Wildman–Crippen MR) is 71.4 cm³/mol. The summed E-state index contributed by atoms with van der Waals surface area (Å²) in [5.74, 6) is 0. The van der Waals surface area contributed by atoms with Gasteiger partial charge in [0.05, 0.1) is 28.8 Å². The van der Waals surface area contributed by atoms with E-state index < -0.39 is 6.23 Å². The Morgan fingerprint density at radius 2 is 2.21 bits per heavy atom. The van der Waals surface area contributed by atoms with Gasteiger partial charge in [-0.25, -0.2) is 0 Å². The van der Waals surface area contributed by atoms with Crippen LogP contribution in [0, 0.1) is 0 Å². The van der Waals surface area contributed by atoms with Crippen molar-refractivity contribution in [1.82, 2.24) is 14.5 Å². The summed E-state index contributed by atoms with van der Waals surface area (Å²) in [6.45, 7) is 0. The molecule has 4 heterocycles. The third kappa shape index (κ3) is 1.25. The second kappa shape index (κ2) is 3.49. The van der Waals surface area contributed by atoms with Gasteiger partial charge in [0.15, 0.2) is 6.23 Å². The van der Waals surface area contributed by atoms with Gasteiger partial charge in [-0.1, -0.05) is 6.08 Å². The molecule has 0 fully saturated rings. The molecule has 0 amide bonds. The van der Waals surface area contributed by atoms with Crippen LogP contribution in [0.1, 0.15) is 6.23 Å². The normalized spacial score (nSPS) is 17.6. The van der Waals surface area contributed by atoms with Gasteiger partial charge < -0.3 is 9.67 Å². The van der Waals surface area contributed by atoms with Gasteiger partial charge >= 0.3 is 0 Å². The largest absolute Gasteiger partial charge is 0.370 e. The molecule has 5 nitrogen and oxygen atoms in total. The molecule has 1 N–H and O–H groups in total. The fourth-order valence-corrected chi connectivity index (χ4v) is 2.61. The molecule has 0 spiro atoms. The summed E-state index contributed by atoms with van der Waals surface area (Å²) < 4.78 is 1.59. The third-order valence-electron chi connectivity index (χ3n) is 3.43. The van der Waals surface area contributed by atoms with Crippen LogP contribution in [0.2, 0.25) is 0 Å². The summed E-state index contributed by atoms with van der Waals surface area (Å²) in [7, 11) is 0. The summed E-state index contributed by atoms with van der Waals surface area (Å²) >= 11 is 0. The number of hydrogen-bond acceptors (Lipinski definition) is 4. The fraction of sp³-hybridized carbons (Fsp3) is 0.0714. The van der Waals surface area contributed by atoms with E-state index in [1.165, 1.54) is 0 Å². The number of fused-ring (bicyclic) bond motifs is 2. The summed E-state index contributed by atoms with van der Waals surface area (Å²) in [6, 6.07) is 1.71. The molecular weight excluding hydrogens is 242 g/mol. The van der Waals surface area contributed by atoms with E-state index in [-0.39, 0.29) is 5.43 Å². The van der Waals surface area contributed by atoms with Crippen LogP contribution >= 0.6 is 0 Å². The maximum absolute atomic E-state index is 12.5. The molecule has 0 radical (unpaired) electrons. The van der Waals surface area contributed by atoms with Crippen molar-refractivity contribution in [3.8, 4) is 0 Å². The number of hydrogen-bond donors (Lipinski definition) is 1. The highest BCUT2D eigenvalue weighted by Gasteiger charge is 2.16. The van der Waals surface area contributed by atoms with Crippen LogP contribution < -0.4 is 10.8 Å². The first-order valence-corrected chi connectivity index (χ1v) is 5.90. The van der Waals surface area contributed by atoms with Crippen molar-refractivity contribution in [1.29, 1.82) is 0 Å². The summed E-state index contributed by atoms with van der Waals surface area (Å²) in [6.07, 6.45) is 9.03. The average molecular weight is 251 g/mol. The second-order valence-corrected chi connectivity index (χ2v) is 4.46. The van der Waals surface area contributed by atoms with Crippen LogP contribution in [-0.2, 0) is 0 Å². The minimum absolute atomic E-state index is 0.102. The molecule has 5 heteroatoms. The molecule has 4 rings (SSSR count). The van der Waals surface area contributed by atoms with E-state index in [4.69, 9.17) is 0 Å². The van der Waals surface area contributed by atoms with Gasteiger partial charge in [0, 0.05) is 17.0 Å². The molecule has 19 heavy (non-hydrogen) atoms. The van der Waals surface area contributed by atoms with Crippen LogP contribution in [0.15, 0.2) is 41.6 Å². The third-order valence-corrected chi connectivity index (χ3v) is 3.43. The lowest BCUT2D eigenvalue weighted by Gasteiger charge is -2.18. The van der Waals surface area contributed by atoms with Crippen LogP contribution in [-0.4, -0.2) is 19.6 Å². The van der Waals surface area contributed by atoms with Gasteiger partial charge in [-0.05, 0) is 18.2 Å². The first kappa shape index (κ1) is 10.4. The summed E-state index contributed by atoms with van der Waals surface area (Å²) in [5.41, 5.74) is 1.27. The number of nitrogens with zero attached hydrogens (tertiary/aromatic N) is 3. The molecule has 3 aromatic rings. The van der Waals surface area contributed by atoms with Crippen molar-refractivity contribution in [2.45, 2.75) is 6.23 Å². The number of rotatable bonds is 0. The minimum atomic E-state index is -0.857. The summed E-state index contributed by atoms with van der Waals surface area (Å²) in [5, 5.41) is 11.9. The first-order chi connectivity index (χ1) is 9.27. The monoisotopic (exact) mass is 251 g/mol. The molecule has 1 atom stereocenters. The van der Waals surface area contributed by atoms with Crippen molar-refractivity contribution in [2.24, 2.45) is 0 Å². The smallest absolute Gasteiger partial charge is 0.210 e. The first-order valence-electron chi connectivity index (χ1n) is 5.90. The minimum Gasteiger partial charge on any atom is -0.370 e. The van der Waals surface area contributed by atoms with Gasteiger partial charge in [-0.3, -0.25) is 14.8 Å². The van der Waals surface area contributed by atoms with E-state index in [0.717, 1.165) is 5.39 Å². The van der Waals surface area contributed by atoms with Crippen molar-refractivity contribution >= 4 is 27.9 Å². The Morgan fingerprint density at radius 3 is 3.11 bits per heavy atom. The number of aliphatic hydroxyl groups excluding tert-OH is 1. The molecule has 3 aromatic heterocycles. The Labute approximate surface area is 107 Å². The molecule has 1 unspecified atom stereocenters.